The Balaban J connectivity index is 2.15. The van der Waals surface area contributed by atoms with Gasteiger partial charge < -0.3 is 24.3 Å². The molecule has 1 N–H and O–H groups in total. The van der Waals surface area contributed by atoms with Crippen molar-refractivity contribution in [3.8, 4) is 23.0 Å². The van der Waals surface area contributed by atoms with E-state index in [2.05, 4.69) is 5.32 Å². The Kier molecular flexibility index (Phi) is 6.11. The number of hydrogen-bond donors (Lipinski definition) is 1. The molecule has 1 amide bonds. The second-order valence-electron chi connectivity index (χ2n) is 5.39. The Hall–Kier alpha value is -2.89. The predicted molar refractivity (Wildman–Crippen MR) is 95.0 cm³/mol. The van der Waals surface area contributed by atoms with Crippen LogP contribution in [0.25, 0.3) is 0 Å². The zero-order valence-electron chi connectivity index (χ0n) is 15.1. The highest BCUT2D eigenvalue weighted by atomic mass is 16.5. The van der Waals surface area contributed by atoms with Crippen LogP contribution in [0.2, 0.25) is 0 Å². The van der Waals surface area contributed by atoms with Gasteiger partial charge in [0.15, 0.2) is 23.0 Å². The number of nitrogens with one attached hydrogen (secondary N) is 1. The van der Waals surface area contributed by atoms with Gasteiger partial charge in [-0.2, -0.15) is 0 Å². The van der Waals surface area contributed by atoms with Crippen LogP contribution in [0.1, 0.15) is 21.5 Å². The van der Waals surface area contributed by atoms with E-state index in [0.29, 0.717) is 35.1 Å². The SMILES string of the molecule is COc1ccc(C(=O)NCc2cc(OC)c(OC)cc2C)cc1OC. The monoisotopic (exact) mass is 345 g/mol. The predicted octanol–water partition coefficient (Wildman–Crippen LogP) is 2.96. The van der Waals surface area contributed by atoms with Crippen molar-refractivity contribution in [1.29, 1.82) is 0 Å². The van der Waals surface area contributed by atoms with Gasteiger partial charge in [-0.25, -0.2) is 0 Å². The van der Waals surface area contributed by atoms with Gasteiger partial charge in [0.2, 0.25) is 0 Å². The fraction of sp³-hybridized carbons (Fsp3) is 0.316. The first-order chi connectivity index (χ1) is 12.0. The minimum Gasteiger partial charge on any atom is -0.493 e. The molecule has 0 radical (unpaired) electrons. The lowest BCUT2D eigenvalue weighted by molar-refractivity contribution is 0.0950. The molecule has 2 aromatic carbocycles. The van der Waals surface area contributed by atoms with Crippen molar-refractivity contribution in [3.63, 3.8) is 0 Å². The van der Waals surface area contributed by atoms with E-state index < -0.39 is 0 Å². The fourth-order valence-electron chi connectivity index (χ4n) is 2.47. The van der Waals surface area contributed by atoms with E-state index in [1.54, 1.807) is 39.5 Å². The number of carbonyl (C=O) groups excluding carboxylic acids is 1. The minimum atomic E-state index is -0.199. The standard InChI is InChI=1S/C19H23NO5/c1-12-8-16(23-3)18(25-5)10-14(12)11-20-19(21)13-6-7-15(22-2)17(9-13)24-4/h6-10H,11H2,1-5H3,(H,20,21). The van der Waals surface area contributed by atoms with Gasteiger partial charge in [0, 0.05) is 12.1 Å². The molecule has 0 aliphatic rings. The normalized spacial score (nSPS) is 10.1. The number of amides is 1. The molecule has 0 bridgehead atoms. The van der Waals surface area contributed by atoms with Crippen LogP contribution >= 0.6 is 0 Å². The van der Waals surface area contributed by atoms with Gasteiger partial charge in [0.1, 0.15) is 0 Å². The zero-order chi connectivity index (χ0) is 18.4. The summed E-state index contributed by atoms with van der Waals surface area (Å²) < 4.78 is 21.0. The van der Waals surface area contributed by atoms with Gasteiger partial charge in [0.25, 0.3) is 5.91 Å². The van der Waals surface area contributed by atoms with E-state index in [0.717, 1.165) is 11.1 Å². The average molecular weight is 345 g/mol. The quantitative estimate of drug-likeness (QED) is 0.836. The lowest BCUT2D eigenvalue weighted by atomic mass is 10.1. The Bertz CT molecular complexity index is 758. The Morgan fingerprint density at radius 2 is 1.40 bits per heavy atom. The Morgan fingerprint density at radius 3 is 2.00 bits per heavy atom. The second-order valence-corrected chi connectivity index (χ2v) is 5.39. The molecule has 0 saturated heterocycles. The minimum absolute atomic E-state index is 0.199. The van der Waals surface area contributed by atoms with E-state index in [1.165, 1.54) is 7.11 Å². The van der Waals surface area contributed by atoms with Crippen molar-refractivity contribution in [2.24, 2.45) is 0 Å². The van der Waals surface area contributed by atoms with E-state index >= 15 is 0 Å². The van der Waals surface area contributed by atoms with Crippen LogP contribution in [-0.4, -0.2) is 34.3 Å². The van der Waals surface area contributed by atoms with Crippen molar-refractivity contribution < 1.29 is 23.7 Å². The molecular weight excluding hydrogens is 322 g/mol. The Morgan fingerprint density at radius 1 is 0.840 bits per heavy atom. The molecule has 0 spiro atoms. The number of benzene rings is 2. The molecule has 6 heteroatoms. The maximum atomic E-state index is 12.4. The molecule has 0 unspecified atom stereocenters. The van der Waals surface area contributed by atoms with Crippen molar-refractivity contribution in [1.82, 2.24) is 5.32 Å². The van der Waals surface area contributed by atoms with E-state index in [-0.39, 0.29) is 5.91 Å². The summed E-state index contributed by atoms with van der Waals surface area (Å²) >= 11 is 0. The number of rotatable bonds is 7. The molecule has 2 aromatic rings. The van der Waals surface area contributed by atoms with Crippen molar-refractivity contribution in [3.05, 3.63) is 47.0 Å². The number of ether oxygens (including phenoxy) is 4. The van der Waals surface area contributed by atoms with Gasteiger partial charge in [0.05, 0.1) is 28.4 Å². The molecule has 0 heterocycles. The molecule has 0 atom stereocenters. The topological polar surface area (TPSA) is 66.0 Å². The van der Waals surface area contributed by atoms with E-state index in [9.17, 15) is 4.79 Å². The van der Waals surface area contributed by atoms with Crippen LogP contribution in [0.5, 0.6) is 23.0 Å². The summed E-state index contributed by atoms with van der Waals surface area (Å²) in [5.41, 5.74) is 2.45. The van der Waals surface area contributed by atoms with Crippen LogP contribution in [0.4, 0.5) is 0 Å². The molecule has 0 fully saturated rings. The van der Waals surface area contributed by atoms with E-state index in [4.69, 9.17) is 18.9 Å². The van der Waals surface area contributed by atoms with Crippen LogP contribution in [0, 0.1) is 6.92 Å². The van der Waals surface area contributed by atoms with Crippen molar-refractivity contribution >= 4 is 5.91 Å². The summed E-state index contributed by atoms with van der Waals surface area (Å²) in [5, 5.41) is 2.90. The molecule has 0 aliphatic carbocycles. The number of hydrogen-bond acceptors (Lipinski definition) is 5. The zero-order valence-corrected chi connectivity index (χ0v) is 15.1. The first kappa shape index (κ1) is 18.4. The summed E-state index contributed by atoms with van der Waals surface area (Å²) in [6.07, 6.45) is 0. The van der Waals surface area contributed by atoms with Gasteiger partial charge >= 0.3 is 0 Å². The van der Waals surface area contributed by atoms with E-state index in [1.807, 2.05) is 19.1 Å². The number of aryl methyl sites for hydroxylation is 1. The van der Waals surface area contributed by atoms with Crippen LogP contribution < -0.4 is 24.3 Å². The highest BCUT2D eigenvalue weighted by molar-refractivity contribution is 5.94. The number of carbonyl (C=O) groups is 1. The molecule has 2 rings (SSSR count). The second kappa shape index (κ2) is 8.28. The summed E-state index contributed by atoms with van der Waals surface area (Å²) in [4.78, 5) is 12.4. The molecule has 0 saturated carbocycles. The third-order valence-electron chi connectivity index (χ3n) is 3.93. The van der Waals surface area contributed by atoms with Gasteiger partial charge in [-0.05, 0) is 48.4 Å². The molecule has 6 nitrogen and oxygen atoms in total. The summed E-state index contributed by atoms with van der Waals surface area (Å²) in [7, 11) is 6.26. The summed E-state index contributed by atoms with van der Waals surface area (Å²) in [5.74, 6) is 2.18. The maximum Gasteiger partial charge on any atom is 0.251 e. The first-order valence-electron chi connectivity index (χ1n) is 7.75. The third kappa shape index (κ3) is 4.15. The highest BCUT2D eigenvalue weighted by Gasteiger charge is 2.13. The van der Waals surface area contributed by atoms with Crippen LogP contribution in [-0.2, 0) is 6.54 Å². The van der Waals surface area contributed by atoms with Crippen LogP contribution in [0.15, 0.2) is 30.3 Å². The lowest BCUT2D eigenvalue weighted by Gasteiger charge is -2.14. The number of methoxy groups -OCH3 is 4. The van der Waals surface area contributed by atoms with Gasteiger partial charge in [-0.3, -0.25) is 4.79 Å². The van der Waals surface area contributed by atoms with Crippen molar-refractivity contribution in [2.45, 2.75) is 13.5 Å². The first-order valence-corrected chi connectivity index (χ1v) is 7.75. The molecule has 0 aliphatic heterocycles. The molecular formula is C19H23NO5. The van der Waals surface area contributed by atoms with Crippen LogP contribution in [0.3, 0.4) is 0 Å². The largest absolute Gasteiger partial charge is 0.493 e. The maximum absolute atomic E-state index is 12.4. The summed E-state index contributed by atoms with van der Waals surface area (Å²) in [6.45, 7) is 2.33. The van der Waals surface area contributed by atoms with Crippen molar-refractivity contribution in [2.75, 3.05) is 28.4 Å². The highest BCUT2D eigenvalue weighted by Crippen LogP contribution is 2.30. The Labute approximate surface area is 147 Å². The fourth-order valence-corrected chi connectivity index (χ4v) is 2.47. The smallest absolute Gasteiger partial charge is 0.251 e. The summed E-state index contributed by atoms with van der Waals surface area (Å²) in [6, 6.07) is 8.79. The third-order valence-corrected chi connectivity index (χ3v) is 3.93. The lowest BCUT2D eigenvalue weighted by Crippen LogP contribution is -2.23. The molecule has 0 aromatic heterocycles. The molecule has 25 heavy (non-hydrogen) atoms. The van der Waals surface area contributed by atoms with Gasteiger partial charge in [-0.15, -0.1) is 0 Å². The van der Waals surface area contributed by atoms with Gasteiger partial charge in [-0.1, -0.05) is 0 Å². The molecule has 134 valence electrons. The average Bonchev–Trinajstić information content (AvgIpc) is 2.65.